The van der Waals surface area contributed by atoms with E-state index in [0.717, 1.165) is 37.0 Å². The molecule has 0 bridgehead atoms. The Kier molecular flexibility index (Phi) is 7.89. The summed E-state index contributed by atoms with van der Waals surface area (Å²) in [5.74, 6) is 0.996. The van der Waals surface area contributed by atoms with Gasteiger partial charge in [-0.25, -0.2) is 0 Å². The number of nitrogens with zero attached hydrogens (tertiary/aromatic N) is 1. The lowest BCUT2D eigenvalue weighted by Gasteiger charge is -2.23. The molecule has 0 saturated heterocycles. The first-order chi connectivity index (χ1) is 13.6. The summed E-state index contributed by atoms with van der Waals surface area (Å²) in [6.45, 7) is 11.1. The minimum atomic E-state index is 0.0310. The van der Waals surface area contributed by atoms with Gasteiger partial charge in [0.1, 0.15) is 5.75 Å². The van der Waals surface area contributed by atoms with Crippen molar-refractivity contribution in [3.63, 3.8) is 0 Å². The highest BCUT2D eigenvalue weighted by Gasteiger charge is 2.17. The van der Waals surface area contributed by atoms with E-state index >= 15 is 0 Å². The largest absolute Gasteiger partial charge is 0.490 e. The van der Waals surface area contributed by atoms with Gasteiger partial charge in [0, 0.05) is 19.7 Å². The third-order valence-corrected chi connectivity index (χ3v) is 5.22. The van der Waals surface area contributed by atoms with Crippen molar-refractivity contribution < 1.29 is 9.53 Å². The van der Waals surface area contributed by atoms with Crippen molar-refractivity contribution in [3.8, 4) is 5.75 Å². The Morgan fingerprint density at radius 2 is 1.66 bits per heavy atom. The van der Waals surface area contributed by atoms with E-state index in [9.17, 15) is 4.79 Å². The van der Waals surface area contributed by atoms with Gasteiger partial charge in [-0.15, -0.1) is 0 Å². The Morgan fingerprint density at radius 3 is 2.17 bits per heavy atom. The molecular formula is C26H37NO2. The van der Waals surface area contributed by atoms with Crippen molar-refractivity contribution in [1.29, 1.82) is 0 Å². The number of ether oxygens (including phenoxy) is 1. The molecule has 0 N–H and O–H groups in total. The lowest BCUT2D eigenvalue weighted by molar-refractivity contribution is 0.0827. The van der Waals surface area contributed by atoms with Crippen LogP contribution in [0.3, 0.4) is 0 Å². The fourth-order valence-corrected chi connectivity index (χ4v) is 3.38. The lowest BCUT2D eigenvalue weighted by Crippen LogP contribution is -2.21. The van der Waals surface area contributed by atoms with Crippen LogP contribution in [0.2, 0.25) is 0 Å². The molecule has 3 nitrogen and oxygen atoms in total. The van der Waals surface area contributed by atoms with Crippen molar-refractivity contribution in [2.45, 2.75) is 71.8 Å². The predicted octanol–water partition coefficient (Wildman–Crippen LogP) is 6.23. The van der Waals surface area contributed by atoms with Crippen LogP contribution in [0.15, 0.2) is 42.5 Å². The summed E-state index contributed by atoms with van der Waals surface area (Å²) >= 11 is 0. The Labute approximate surface area is 177 Å². The highest BCUT2D eigenvalue weighted by molar-refractivity contribution is 5.93. The van der Waals surface area contributed by atoms with Gasteiger partial charge in [0.2, 0.25) is 0 Å². The first-order valence-electron chi connectivity index (χ1n) is 10.8. The highest BCUT2D eigenvalue weighted by atomic mass is 16.5. The smallest absolute Gasteiger partial charge is 0.253 e. The molecule has 0 aromatic heterocycles. The minimum Gasteiger partial charge on any atom is -0.490 e. The fourth-order valence-electron chi connectivity index (χ4n) is 3.38. The Balaban J connectivity index is 2.29. The Morgan fingerprint density at radius 1 is 1.00 bits per heavy atom. The van der Waals surface area contributed by atoms with E-state index < -0.39 is 0 Å². The van der Waals surface area contributed by atoms with Gasteiger partial charge in [0.05, 0.1) is 6.10 Å². The summed E-state index contributed by atoms with van der Waals surface area (Å²) in [4.78, 5) is 13.7. The normalized spacial score (nSPS) is 12.5. The molecule has 0 aliphatic carbocycles. The monoisotopic (exact) mass is 395 g/mol. The Bertz CT molecular complexity index is 800. The molecule has 0 aliphatic rings. The van der Waals surface area contributed by atoms with Gasteiger partial charge in [-0.3, -0.25) is 4.79 Å². The summed E-state index contributed by atoms with van der Waals surface area (Å²) < 4.78 is 6.34. The van der Waals surface area contributed by atoms with Gasteiger partial charge in [-0.05, 0) is 65.6 Å². The molecule has 158 valence electrons. The topological polar surface area (TPSA) is 29.5 Å². The van der Waals surface area contributed by atoms with Crippen molar-refractivity contribution in [2.24, 2.45) is 0 Å². The zero-order valence-electron chi connectivity index (χ0n) is 19.2. The fraction of sp³-hybridized carbons (Fsp3) is 0.500. The van der Waals surface area contributed by atoms with E-state index in [1.165, 1.54) is 16.7 Å². The van der Waals surface area contributed by atoms with Gasteiger partial charge >= 0.3 is 0 Å². The molecule has 1 amide bonds. The number of amides is 1. The molecule has 0 fully saturated rings. The number of rotatable bonds is 8. The van der Waals surface area contributed by atoms with Crippen molar-refractivity contribution in [3.05, 3.63) is 64.7 Å². The first kappa shape index (κ1) is 23.0. The van der Waals surface area contributed by atoms with Crippen LogP contribution in [0.25, 0.3) is 0 Å². The van der Waals surface area contributed by atoms with Crippen LogP contribution in [-0.4, -0.2) is 31.0 Å². The zero-order chi connectivity index (χ0) is 21.6. The molecule has 0 saturated carbocycles. The number of carbonyl (C=O) groups excluding carboxylic acids is 1. The number of carbonyl (C=O) groups is 1. The lowest BCUT2D eigenvalue weighted by atomic mass is 9.85. The summed E-state index contributed by atoms with van der Waals surface area (Å²) in [6, 6.07) is 14.6. The van der Waals surface area contributed by atoms with Crippen LogP contribution in [0.4, 0.5) is 0 Å². The molecule has 0 aliphatic heterocycles. The maximum Gasteiger partial charge on any atom is 0.253 e. The molecule has 1 unspecified atom stereocenters. The van der Waals surface area contributed by atoms with Crippen LogP contribution in [0.1, 0.15) is 80.9 Å². The second kappa shape index (κ2) is 9.96. The van der Waals surface area contributed by atoms with E-state index in [0.29, 0.717) is 0 Å². The molecule has 29 heavy (non-hydrogen) atoms. The standard InChI is InChI=1S/C26H37NO2/c1-8-10-23(9-2)29-24-17-20(16-22(18-24)26(3,4)5)15-19-11-13-21(14-12-19)25(28)27(6)7/h11-14,16-18,23H,8-10,15H2,1-7H3. The van der Waals surface area contributed by atoms with Gasteiger partial charge in [0.15, 0.2) is 0 Å². The van der Waals surface area contributed by atoms with Crippen LogP contribution in [0.5, 0.6) is 5.75 Å². The molecule has 0 spiro atoms. The van der Waals surface area contributed by atoms with Crippen molar-refractivity contribution in [1.82, 2.24) is 4.90 Å². The van der Waals surface area contributed by atoms with Crippen LogP contribution in [0, 0.1) is 0 Å². The number of hydrogen-bond donors (Lipinski definition) is 0. The SMILES string of the molecule is CCCC(CC)Oc1cc(Cc2ccc(C(=O)N(C)C)cc2)cc(C(C)(C)C)c1. The molecule has 3 heteroatoms. The van der Waals surface area contributed by atoms with E-state index in [-0.39, 0.29) is 17.4 Å². The van der Waals surface area contributed by atoms with Gasteiger partial charge in [-0.1, -0.05) is 59.2 Å². The minimum absolute atomic E-state index is 0.0310. The van der Waals surface area contributed by atoms with E-state index in [1.54, 1.807) is 19.0 Å². The number of hydrogen-bond acceptors (Lipinski definition) is 2. The van der Waals surface area contributed by atoms with Crippen LogP contribution in [-0.2, 0) is 11.8 Å². The molecule has 2 rings (SSSR count). The summed E-state index contributed by atoms with van der Waals surface area (Å²) in [6.07, 6.45) is 4.31. The zero-order valence-corrected chi connectivity index (χ0v) is 19.2. The van der Waals surface area contributed by atoms with E-state index in [4.69, 9.17) is 4.74 Å². The third-order valence-electron chi connectivity index (χ3n) is 5.22. The summed E-state index contributed by atoms with van der Waals surface area (Å²) in [7, 11) is 3.55. The molecular weight excluding hydrogens is 358 g/mol. The Hall–Kier alpha value is -2.29. The summed E-state index contributed by atoms with van der Waals surface area (Å²) in [5, 5.41) is 0. The first-order valence-corrected chi connectivity index (χ1v) is 10.8. The second-order valence-corrected chi connectivity index (χ2v) is 9.13. The molecule has 1 atom stereocenters. The maximum atomic E-state index is 12.1. The second-order valence-electron chi connectivity index (χ2n) is 9.13. The maximum absolute atomic E-state index is 12.1. The van der Waals surface area contributed by atoms with Gasteiger partial charge in [-0.2, -0.15) is 0 Å². The van der Waals surface area contributed by atoms with E-state index in [1.807, 2.05) is 24.3 Å². The molecule has 2 aromatic carbocycles. The average Bonchev–Trinajstić information content (AvgIpc) is 2.66. The summed E-state index contributed by atoms with van der Waals surface area (Å²) in [5.41, 5.74) is 4.50. The third kappa shape index (κ3) is 6.62. The van der Waals surface area contributed by atoms with Gasteiger partial charge < -0.3 is 9.64 Å². The molecule has 2 aromatic rings. The van der Waals surface area contributed by atoms with Crippen LogP contribution >= 0.6 is 0 Å². The quantitative estimate of drug-likeness (QED) is 0.530. The van der Waals surface area contributed by atoms with Crippen LogP contribution < -0.4 is 4.74 Å². The average molecular weight is 396 g/mol. The van der Waals surface area contributed by atoms with Crippen molar-refractivity contribution in [2.75, 3.05) is 14.1 Å². The molecule has 0 radical (unpaired) electrons. The van der Waals surface area contributed by atoms with E-state index in [2.05, 4.69) is 52.8 Å². The number of benzene rings is 2. The molecule has 0 heterocycles. The highest BCUT2D eigenvalue weighted by Crippen LogP contribution is 2.30. The predicted molar refractivity (Wildman–Crippen MR) is 122 cm³/mol. The van der Waals surface area contributed by atoms with Crippen molar-refractivity contribution >= 4 is 5.91 Å². The van der Waals surface area contributed by atoms with Gasteiger partial charge in [0.25, 0.3) is 5.91 Å².